The van der Waals surface area contributed by atoms with Gasteiger partial charge in [-0.05, 0) is 38.5 Å². The van der Waals surface area contributed by atoms with Crippen molar-refractivity contribution in [3.8, 4) is 11.8 Å². The number of hydrogen-bond donors (Lipinski definition) is 2. The summed E-state index contributed by atoms with van der Waals surface area (Å²) in [5.41, 5.74) is 1.59. The van der Waals surface area contributed by atoms with E-state index in [1.54, 1.807) is 17.1 Å². The summed E-state index contributed by atoms with van der Waals surface area (Å²) in [7, 11) is 0. The molecular weight excluding hydrogens is 453 g/mol. The molecule has 0 bridgehead atoms. The second-order valence-corrected chi connectivity index (χ2v) is 8.56. The van der Waals surface area contributed by atoms with Crippen molar-refractivity contribution in [3.63, 3.8) is 0 Å². The van der Waals surface area contributed by atoms with E-state index < -0.39 is 0 Å². The first kappa shape index (κ1) is 22.9. The van der Waals surface area contributed by atoms with Gasteiger partial charge in [0.1, 0.15) is 24.3 Å². The van der Waals surface area contributed by atoms with Crippen LogP contribution in [0.5, 0.6) is 5.75 Å². The van der Waals surface area contributed by atoms with Gasteiger partial charge in [-0.2, -0.15) is 10.4 Å². The van der Waals surface area contributed by atoms with Crippen molar-refractivity contribution in [3.05, 3.63) is 39.6 Å². The predicted molar refractivity (Wildman–Crippen MR) is 122 cm³/mol. The SMILES string of the molecule is N#CCOc1cc(Cl)c(Cl)c(NC2CCCCO2)c1C(=N)c1cnn(C2CCCCO2)c1. The van der Waals surface area contributed by atoms with Crippen LogP contribution in [0.4, 0.5) is 5.69 Å². The molecule has 2 aliphatic rings. The third-order valence-electron chi connectivity index (χ3n) is 5.55. The molecule has 1 aromatic heterocycles. The van der Waals surface area contributed by atoms with E-state index in [2.05, 4.69) is 10.4 Å². The van der Waals surface area contributed by atoms with Crippen molar-refractivity contribution in [1.29, 1.82) is 10.7 Å². The molecular formula is C22H25Cl2N5O3. The summed E-state index contributed by atoms with van der Waals surface area (Å²) in [6.45, 7) is 1.16. The second-order valence-electron chi connectivity index (χ2n) is 7.77. The van der Waals surface area contributed by atoms with Crippen molar-refractivity contribution in [2.24, 2.45) is 0 Å². The largest absolute Gasteiger partial charge is 0.478 e. The molecule has 2 N–H and O–H groups in total. The zero-order chi connectivity index (χ0) is 22.5. The van der Waals surface area contributed by atoms with E-state index in [0.29, 0.717) is 35.8 Å². The van der Waals surface area contributed by atoms with Gasteiger partial charge in [0, 0.05) is 31.0 Å². The summed E-state index contributed by atoms with van der Waals surface area (Å²) in [6.07, 6.45) is 8.85. The van der Waals surface area contributed by atoms with Crippen LogP contribution in [0, 0.1) is 16.7 Å². The zero-order valence-electron chi connectivity index (χ0n) is 17.6. The normalized spacial score (nSPS) is 21.0. The molecule has 2 fully saturated rings. The maximum Gasteiger partial charge on any atom is 0.174 e. The third-order valence-corrected chi connectivity index (χ3v) is 6.34. The van der Waals surface area contributed by atoms with Gasteiger partial charge in [-0.25, -0.2) is 4.68 Å². The van der Waals surface area contributed by atoms with Crippen molar-refractivity contribution in [1.82, 2.24) is 9.78 Å². The van der Waals surface area contributed by atoms with Gasteiger partial charge in [0.15, 0.2) is 6.61 Å². The van der Waals surface area contributed by atoms with Gasteiger partial charge < -0.3 is 19.5 Å². The first-order chi connectivity index (χ1) is 15.6. The first-order valence-corrected chi connectivity index (χ1v) is 11.5. The van der Waals surface area contributed by atoms with Gasteiger partial charge in [-0.1, -0.05) is 23.2 Å². The number of nitrogens with one attached hydrogen (secondary N) is 2. The minimum atomic E-state index is -0.256. The number of halogens is 2. The van der Waals surface area contributed by atoms with Gasteiger partial charge in [-0.15, -0.1) is 0 Å². The minimum Gasteiger partial charge on any atom is -0.478 e. The molecule has 10 heteroatoms. The molecule has 0 radical (unpaired) electrons. The van der Waals surface area contributed by atoms with Crippen LogP contribution in [0.15, 0.2) is 18.5 Å². The number of benzene rings is 1. The highest BCUT2D eigenvalue weighted by Gasteiger charge is 2.26. The number of ether oxygens (including phenoxy) is 3. The highest BCUT2D eigenvalue weighted by molar-refractivity contribution is 6.44. The van der Waals surface area contributed by atoms with Crippen LogP contribution < -0.4 is 10.1 Å². The fourth-order valence-corrected chi connectivity index (χ4v) is 4.32. The maximum atomic E-state index is 9.03. The standard InChI is InChI=1S/C22H25Cl2N5O3/c23-15-11-16(30-10-7-25)19(22(20(15)24)28-17-5-1-3-8-31-17)21(26)14-12-27-29(13-14)18-6-2-4-9-32-18/h11-13,17-18,26,28H,1-6,8-10H2. The lowest BCUT2D eigenvalue weighted by Crippen LogP contribution is -2.28. The molecule has 0 aliphatic carbocycles. The Kier molecular flexibility index (Phi) is 7.53. The molecule has 4 rings (SSSR count). The summed E-state index contributed by atoms with van der Waals surface area (Å²) in [6, 6.07) is 3.49. The van der Waals surface area contributed by atoms with E-state index in [0.717, 1.165) is 38.5 Å². The van der Waals surface area contributed by atoms with Crippen molar-refractivity contribution >= 4 is 34.6 Å². The van der Waals surface area contributed by atoms with Crippen molar-refractivity contribution in [2.75, 3.05) is 25.1 Å². The molecule has 2 aliphatic heterocycles. The van der Waals surface area contributed by atoms with Crippen molar-refractivity contribution in [2.45, 2.75) is 51.0 Å². The van der Waals surface area contributed by atoms with Crippen LogP contribution in [-0.4, -0.2) is 41.5 Å². The third kappa shape index (κ3) is 5.02. The maximum absolute atomic E-state index is 9.03. The predicted octanol–water partition coefficient (Wildman–Crippen LogP) is 5.15. The van der Waals surface area contributed by atoms with Gasteiger partial charge in [0.25, 0.3) is 0 Å². The Morgan fingerprint density at radius 2 is 2.03 bits per heavy atom. The Hall–Kier alpha value is -2.31. The molecule has 1 aromatic carbocycles. The number of hydrogen-bond acceptors (Lipinski definition) is 7. The van der Waals surface area contributed by atoms with Gasteiger partial charge in [-0.3, -0.25) is 5.41 Å². The molecule has 8 nitrogen and oxygen atoms in total. The summed E-state index contributed by atoms with van der Waals surface area (Å²) >= 11 is 12.9. The lowest BCUT2D eigenvalue weighted by molar-refractivity contribution is -0.0394. The molecule has 2 unspecified atom stereocenters. The highest BCUT2D eigenvalue weighted by atomic mass is 35.5. The summed E-state index contributed by atoms with van der Waals surface area (Å²) in [5.74, 6) is 0.297. The fourth-order valence-electron chi connectivity index (χ4n) is 3.93. The number of nitriles is 1. The number of aromatic nitrogens is 2. The van der Waals surface area contributed by atoms with Gasteiger partial charge >= 0.3 is 0 Å². The molecule has 2 atom stereocenters. The smallest absolute Gasteiger partial charge is 0.174 e. The van der Waals surface area contributed by atoms with Crippen LogP contribution >= 0.6 is 23.2 Å². The van der Waals surface area contributed by atoms with Crippen LogP contribution in [0.25, 0.3) is 0 Å². The first-order valence-electron chi connectivity index (χ1n) is 10.7. The van der Waals surface area contributed by atoms with E-state index in [-0.39, 0.29) is 34.8 Å². The molecule has 2 saturated heterocycles. The second kappa shape index (κ2) is 10.5. The summed E-state index contributed by atoms with van der Waals surface area (Å²) in [4.78, 5) is 0. The van der Waals surface area contributed by atoms with E-state index in [4.69, 9.17) is 48.1 Å². The molecule has 0 spiro atoms. The molecule has 32 heavy (non-hydrogen) atoms. The van der Waals surface area contributed by atoms with Gasteiger partial charge in [0.2, 0.25) is 0 Å². The van der Waals surface area contributed by atoms with Gasteiger partial charge in [0.05, 0.1) is 33.2 Å². The monoisotopic (exact) mass is 477 g/mol. The summed E-state index contributed by atoms with van der Waals surface area (Å²) < 4.78 is 19.0. The topological polar surface area (TPSA) is 105 Å². The Labute approximate surface area is 196 Å². The minimum absolute atomic E-state index is 0.137. The molecule has 0 amide bonds. The van der Waals surface area contributed by atoms with Crippen LogP contribution in [-0.2, 0) is 9.47 Å². The van der Waals surface area contributed by atoms with E-state index >= 15 is 0 Å². The van der Waals surface area contributed by atoms with Crippen molar-refractivity contribution < 1.29 is 14.2 Å². The number of rotatable bonds is 7. The molecule has 170 valence electrons. The van der Waals surface area contributed by atoms with Crippen LogP contribution in [0.2, 0.25) is 10.0 Å². The molecule has 2 aromatic rings. The van der Waals surface area contributed by atoms with E-state index in [1.807, 2.05) is 6.07 Å². The average Bonchev–Trinajstić information content (AvgIpc) is 3.32. The fraction of sp³-hybridized carbons (Fsp3) is 0.500. The quantitative estimate of drug-likeness (QED) is 0.534. The lowest BCUT2D eigenvalue weighted by Gasteiger charge is -2.27. The molecule has 0 saturated carbocycles. The Bertz CT molecular complexity index is 1010. The Balaban J connectivity index is 1.71. The van der Waals surface area contributed by atoms with E-state index in [1.165, 1.54) is 6.07 Å². The van der Waals surface area contributed by atoms with Crippen LogP contribution in [0.1, 0.15) is 55.9 Å². The number of nitrogens with zero attached hydrogens (tertiary/aromatic N) is 3. The average molecular weight is 478 g/mol. The molecule has 3 heterocycles. The van der Waals surface area contributed by atoms with E-state index in [9.17, 15) is 0 Å². The lowest BCUT2D eigenvalue weighted by atomic mass is 10.0. The Morgan fingerprint density at radius 1 is 1.25 bits per heavy atom. The number of anilines is 1. The summed E-state index contributed by atoms with van der Waals surface area (Å²) in [5, 5.41) is 26.2. The van der Waals surface area contributed by atoms with Crippen LogP contribution in [0.3, 0.4) is 0 Å². The zero-order valence-corrected chi connectivity index (χ0v) is 19.1. The Morgan fingerprint density at radius 3 is 2.72 bits per heavy atom. The highest BCUT2D eigenvalue weighted by Crippen LogP contribution is 2.41.